The molecule has 2 aromatic carbocycles. The minimum atomic E-state index is -3.78. The zero-order valence-electron chi connectivity index (χ0n) is 19.3. The van der Waals surface area contributed by atoms with Crippen LogP contribution in [0.2, 0.25) is 5.02 Å². The molecule has 2 aromatic rings. The molecule has 9 heteroatoms. The zero-order valence-corrected chi connectivity index (χ0v) is 20.9. The van der Waals surface area contributed by atoms with Gasteiger partial charge in [-0.2, -0.15) is 4.31 Å². The van der Waals surface area contributed by atoms with Crippen molar-refractivity contribution in [3.05, 3.63) is 52.5 Å². The second-order valence-electron chi connectivity index (χ2n) is 7.97. The van der Waals surface area contributed by atoms with Gasteiger partial charge in [0.25, 0.3) is 5.91 Å². The molecule has 0 radical (unpaired) electrons. The van der Waals surface area contributed by atoms with Crippen LogP contribution in [0.5, 0.6) is 11.5 Å². The van der Waals surface area contributed by atoms with Gasteiger partial charge in [-0.25, -0.2) is 8.42 Å². The van der Waals surface area contributed by atoms with E-state index in [-0.39, 0.29) is 21.4 Å². The van der Waals surface area contributed by atoms with E-state index >= 15 is 0 Å². The Kier molecular flexibility index (Phi) is 8.62. The number of nitrogens with zero attached hydrogens (tertiary/aromatic N) is 2. The highest BCUT2D eigenvalue weighted by atomic mass is 35.5. The summed E-state index contributed by atoms with van der Waals surface area (Å²) in [7, 11) is -0.653. The fourth-order valence-electron chi connectivity index (χ4n) is 3.96. The van der Waals surface area contributed by atoms with Gasteiger partial charge in [-0.1, -0.05) is 30.5 Å². The van der Waals surface area contributed by atoms with Crippen molar-refractivity contribution in [1.29, 1.82) is 0 Å². The Bertz CT molecular complexity index is 1080. The quantitative estimate of drug-likeness (QED) is 0.536. The summed E-state index contributed by atoms with van der Waals surface area (Å²) < 4.78 is 38.7. The number of methoxy groups -OCH3 is 2. The number of carbonyl (C=O) groups is 1. The van der Waals surface area contributed by atoms with Crippen molar-refractivity contribution in [3.63, 3.8) is 0 Å². The van der Waals surface area contributed by atoms with Crippen molar-refractivity contribution < 1.29 is 22.7 Å². The molecule has 1 amide bonds. The highest BCUT2D eigenvalue weighted by Gasteiger charge is 2.29. The summed E-state index contributed by atoms with van der Waals surface area (Å²) in [5.74, 6) is 0.920. The summed E-state index contributed by atoms with van der Waals surface area (Å²) >= 11 is 6.29. The van der Waals surface area contributed by atoms with Gasteiger partial charge in [0.1, 0.15) is 4.90 Å². The van der Waals surface area contributed by atoms with Crippen LogP contribution < -0.4 is 9.47 Å². The molecule has 0 N–H and O–H groups in total. The van der Waals surface area contributed by atoms with Crippen LogP contribution in [-0.2, 0) is 16.6 Å². The molecule has 1 aliphatic rings. The van der Waals surface area contributed by atoms with Gasteiger partial charge in [-0.05, 0) is 55.7 Å². The van der Waals surface area contributed by atoms with E-state index in [1.807, 2.05) is 19.1 Å². The maximum atomic E-state index is 13.3. The van der Waals surface area contributed by atoms with Gasteiger partial charge >= 0.3 is 0 Å². The van der Waals surface area contributed by atoms with E-state index in [0.717, 1.165) is 31.2 Å². The molecule has 33 heavy (non-hydrogen) atoms. The molecular weight excluding hydrogens is 464 g/mol. The normalized spacial score (nSPS) is 15.0. The summed E-state index contributed by atoms with van der Waals surface area (Å²) in [4.78, 5) is 14.9. The third-order valence-corrected chi connectivity index (χ3v) is 8.23. The zero-order chi connectivity index (χ0) is 24.0. The number of rotatable bonds is 8. The summed E-state index contributed by atoms with van der Waals surface area (Å²) in [6.07, 6.45) is 3.68. The van der Waals surface area contributed by atoms with Crippen LogP contribution in [0.15, 0.2) is 41.3 Å². The highest BCUT2D eigenvalue weighted by Crippen LogP contribution is 2.30. The third kappa shape index (κ3) is 5.80. The summed E-state index contributed by atoms with van der Waals surface area (Å²) in [6.45, 7) is 3.61. The fourth-order valence-corrected chi connectivity index (χ4v) is 5.98. The van der Waals surface area contributed by atoms with Crippen molar-refractivity contribution >= 4 is 27.5 Å². The van der Waals surface area contributed by atoms with Gasteiger partial charge in [0.15, 0.2) is 11.5 Å². The van der Waals surface area contributed by atoms with Crippen molar-refractivity contribution in [2.24, 2.45) is 0 Å². The van der Waals surface area contributed by atoms with E-state index < -0.39 is 10.0 Å². The van der Waals surface area contributed by atoms with Crippen LogP contribution in [0.25, 0.3) is 0 Å². The van der Waals surface area contributed by atoms with Crippen LogP contribution in [0.1, 0.15) is 48.5 Å². The smallest absolute Gasteiger partial charge is 0.254 e. The first-order chi connectivity index (χ1) is 15.8. The molecule has 180 valence electrons. The summed E-state index contributed by atoms with van der Waals surface area (Å²) in [6, 6.07) is 9.95. The lowest BCUT2D eigenvalue weighted by Crippen LogP contribution is -2.33. The van der Waals surface area contributed by atoms with Crippen molar-refractivity contribution in [1.82, 2.24) is 9.21 Å². The van der Waals surface area contributed by atoms with Gasteiger partial charge in [-0.15, -0.1) is 0 Å². The number of sulfonamides is 1. The Morgan fingerprint density at radius 3 is 2.27 bits per heavy atom. The van der Waals surface area contributed by atoms with Gasteiger partial charge in [-0.3, -0.25) is 4.79 Å². The Morgan fingerprint density at radius 1 is 1.00 bits per heavy atom. The molecule has 0 spiro atoms. The Labute approximate surface area is 201 Å². The number of ether oxygens (including phenoxy) is 2. The van der Waals surface area contributed by atoms with Crippen molar-refractivity contribution in [2.75, 3.05) is 33.9 Å². The summed E-state index contributed by atoms with van der Waals surface area (Å²) in [5.41, 5.74) is 1.16. The van der Waals surface area contributed by atoms with Gasteiger partial charge < -0.3 is 14.4 Å². The molecule has 3 rings (SSSR count). The van der Waals surface area contributed by atoms with Crippen LogP contribution in [0.3, 0.4) is 0 Å². The largest absolute Gasteiger partial charge is 0.493 e. The monoisotopic (exact) mass is 494 g/mol. The topological polar surface area (TPSA) is 76.1 Å². The molecule has 7 nitrogen and oxygen atoms in total. The molecule has 0 unspecified atom stereocenters. The van der Waals surface area contributed by atoms with E-state index in [4.69, 9.17) is 21.1 Å². The standard InChI is InChI=1S/C24H31ClN2O5S/c1-4-26(17-18-9-12-21(31-2)22(15-18)32-3)24(28)19-10-11-20(25)23(16-19)33(29,30)27-13-7-5-6-8-14-27/h9-12,15-16H,4-8,13-14,17H2,1-3H3. The third-order valence-electron chi connectivity index (χ3n) is 5.85. The number of hydrogen-bond donors (Lipinski definition) is 0. The summed E-state index contributed by atoms with van der Waals surface area (Å²) in [5, 5.41) is 0.124. The molecular formula is C24H31ClN2O5S. The molecule has 1 fully saturated rings. The van der Waals surface area contributed by atoms with E-state index in [1.165, 1.54) is 16.4 Å². The first kappa shape index (κ1) is 25.3. The second kappa shape index (κ2) is 11.2. The fraction of sp³-hybridized carbons (Fsp3) is 0.458. The molecule has 0 bridgehead atoms. The van der Waals surface area contributed by atoms with Crippen LogP contribution >= 0.6 is 11.6 Å². The average Bonchev–Trinajstić information content (AvgIpc) is 3.12. The lowest BCUT2D eigenvalue weighted by Gasteiger charge is -2.23. The van der Waals surface area contributed by atoms with E-state index in [0.29, 0.717) is 37.7 Å². The Hall–Kier alpha value is -2.29. The molecule has 0 aromatic heterocycles. The SMILES string of the molecule is CCN(Cc1ccc(OC)c(OC)c1)C(=O)c1ccc(Cl)c(S(=O)(=O)N2CCCCCC2)c1. The highest BCUT2D eigenvalue weighted by molar-refractivity contribution is 7.89. The first-order valence-electron chi connectivity index (χ1n) is 11.1. The van der Waals surface area contributed by atoms with Crippen LogP contribution in [0.4, 0.5) is 0 Å². The predicted octanol–water partition coefficient (Wildman–Crippen LogP) is 4.58. The van der Waals surface area contributed by atoms with Gasteiger partial charge in [0, 0.05) is 31.7 Å². The van der Waals surface area contributed by atoms with Gasteiger partial charge in [0.2, 0.25) is 10.0 Å². The number of carbonyl (C=O) groups excluding carboxylic acids is 1. The molecule has 1 heterocycles. The lowest BCUT2D eigenvalue weighted by molar-refractivity contribution is 0.0752. The number of hydrogen-bond acceptors (Lipinski definition) is 5. The van der Waals surface area contributed by atoms with Gasteiger partial charge in [0.05, 0.1) is 19.2 Å². The number of benzene rings is 2. The van der Waals surface area contributed by atoms with Crippen molar-refractivity contribution in [2.45, 2.75) is 44.0 Å². The molecule has 1 saturated heterocycles. The van der Waals surface area contributed by atoms with E-state index in [2.05, 4.69) is 0 Å². The predicted molar refractivity (Wildman–Crippen MR) is 129 cm³/mol. The van der Waals surface area contributed by atoms with Crippen molar-refractivity contribution in [3.8, 4) is 11.5 Å². The molecule has 1 aliphatic heterocycles. The van der Waals surface area contributed by atoms with E-state index in [1.54, 1.807) is 31.3 Å². The lowest BCUT2D eigenvalue weighted by atomic mass is 10.1. The second-order valence-corrected chi connectivity index (χ2v) is 10.3. The molecule has 0 aliphatic carbocycles. The number of amides is 1. The first-order valence-corrected chi connectivity index (χ1v) is 12.9. The minimum Gasteiger partial charge on any atom is -0.493 e. The van der Waals surface area contributed by atoms with Crippen LogP contribution in [0, 0.1) is 0 Å². The average molecular weight is 495 g/mol. The molecule has 0 atom stereocenters. The Morgan fingerprint density at radius 2 is 1.67 bits per heavy atom. The minimum absolute atomic E-state index is 0.0147. The van der Waals surface area contributed by atoms with Crippen LogP contribution in [-0.4, -0.2) is 57.4 Å². The Balaban J connectivity index is 1.87. The van der Waals surface area contributed by atoms with E-state index in [9.17, 15) is 13.2 Å². The maximum absolute atomic E-state index is 13.3. The molecule has 0 saturated carbocycles. The number of halogens is 1. The maximum Gasteiger partial charge on any atom is 0.254 e.